The van der Waals surface area contributed by atoms with Crippen molar-refractivity contribution in [2.75, 3.05) is 18.4 Å². The lowest BCUT2D eigenvalue weighted by molar-refractivity contribution is -0.120. The fraction of sp³-hybridized carbons (Fsp3) is 0.211. The number of hydrogen-bond donors (Lipinski definition) is 2. The van der Waals surface area contributed by atoms with Crippen LogP contribution >= 0.6 is 11.6 Å². The number of halogens is 1. The number of nitrogens with zero attached hydrogens (tertiary/aromatic N) is 3. The van der Waals surface area contributed by atoms with Crippen LogP contribution in [0.15, 0.2) is 61.2 Å². The molecule has 0 spiro atoms. The van der Waals surface area contributed by atoms with E-state index in [9.17, 15) is 4.79 Å². The summed E-state index contributed by atoms with van der Waals surface area (Å²) < 4.78 is 1.91. The van der Waals surface area contributed by atoms with E-state index in [-0.39, 0.29) is 5.91 Å². The largest absolute Gasteiger partial charge is 0.368 e. The zero-order valence-corrected chi connectivity index (χ0v) is 15.0. The Labute approximate surface area is 157 Å². The predicted octanol–water partition coefficient (Wildman–Crippen LogP) is 3.08. The van der Waals surface area contributed by atoms with Crippen LogP contribution < -0.4 is 10.6 Å². The summed E-state index contributed by atoms with van der Waals surface area (Å²) in [4.78, 5) is 20.3. The van der Waals surface area contributed by atoms with Gasteiger partial charge in [0.1, 0.15) is 18.0 Å². The minimum absolute atomic E-state index is 0.0162. The molecule has 0 aliphatic heterocycles. The van der Waals surface area contributed by atoms with Gasteiger partial charge in [-0.15, -0.1) is 0 Å². The van der Waals surface area contributed by atoms with E-state index in [1.165, 1.54) is 6.33 Å². The molecule has 0 atom stereocenters. The molecule has 0 saturated heterocycles. The first-order chi connectivity index (χ1) is 12.7. The Kier molecular flexibility index (Phi) is 6.22. The van der Waals surface area contributed by atoms with Gasteiger partial charge in [0.25, 0.3) is 0 Å². The molecule has 3 rings (SSSR count). The topological polar surface area (TPSA) is 71.8 Å². The van der Waals surface area contributed by atoms with Crippen molar-refractivity contribution in [2.45, 2.75) is 12.8 Å². The zero-order valence-electron chi connectivity index (χ0n) is 14.2. The van der Waals surface area contributed by atoms with Crippen molar-refractivity contribution in [3.05, 3.63) is 71.8 Å². The van der Waals surface area contributed by atoms with Crippen LogP contribution in [0, 0.1) is 0 Å². The maximum absolute atomic E-state index is 11.9. The number of aromatic nitrogens is 3. The SMILES string of the molecule is O=C(CCc1cccc(Cl)c1)NCCNc1cc(-n2cccc2)ncn1. The van der Waals surface area contributed by atoms with Crippen molar-refractivity contribution in [3.8, 4) is 5.82 Å². The standard InChI is InChI=1S/C19H20ClN5O/c20-16-5-3-4-15(12-16)6-7-19(26)22-9-8-21-17-13-18(24-14-23-17)25-10-1-2-11-25/h1-5,10-14H,6-9H2,(H,22,26)(H,21,23,24). The van der Waals surface area contributed by atoms with Crippen LogP contribution in [0.5, 0.6) is 0 Å². The van der Waals surface area contributed by atoms with Gasteiger partial charge in [-0.3, -0.25) is 4.79 Å². The van der Waals surface area contributed by atoms with E-state index in [1.807, 2.05) is 59.4 Å². The van der Waals surface area contributed by atoms with Crippen molar-refractivity contribution < 1.29 is 4.79 Å². The van der Waals surface area contributed by atoms with E-state index in [1.54, 1.807) is 0 Å². The molecule has 7 heteroatoms. The fourth-order valence-corrected chi connectivity index (χ4v) is 2.72. The Morgan fingerprint density at radius 3 is 2.73 bits per heavy atom. The number of nitrogens with one attached hydrogen (secondary N) is 2. The number of amides is 1. The van der Waals surface area contributed by atoms with Crippen LogP contribution in [0.1, 0.15) is 12.0 Å². The molecule has 0 radical (unpaired) electrons. The molecular weight excluding hydrogens is 350 g/mol. The summed E-state index contributed by atoms with van der Waals surface area (Å²) in [6.45, 7) is 1.11. The van der Waals surface area contributed by atoms with Gasteiger partial charge in [-0.25, -0.2) is 9.97 Å². The number of benzene rings is 1. The number of anilines is 1. The highest BCUT2D eigenvalue weighted by Gasteiger charge is 2.03. The minimum Gasteiger partial charge on any atom is -0.368 e. The maximum Gasteiger partial charge on any atom is 0.220 e. The monoisotopic (exact) mass is 369 g/mol. The van der Waals surface area contributed by atoms with Crippen LogP contribution in [-0.4, -0.2) is 33.5 Å². The summed E-state index contributed by atoms with van der Waals surface area (Å²) >= 11 is 5.94. The Bertz CT molecular complexity index is 851. The van der Waals surface area contributed by atoms with Gasteiger partial charge in [-0.1, -0.05) is 23.7 Å². The zero-order chi connectivity index (χ0) is 18.2. The predicted molar refractivity (Wildman–Crippen MR) is 103 cm³/mol. The summed E-state index contributed by atoms with van der Waals surface area (Å²) in [5.41, 5.74) is 1.06. The van der Waals surface area contributed by atoms with Gasteiger partial charge in [0, 0.05) is 43.0 Å². The van der Waals surface area contributed by atoms with Crippen LogP contribution in [0.2, 0.25) is 5.02 Å². The summed E-state index contributed by atoms with van der Waals surface area (Å²) in [7, 11) is 0. The molecule has 0 fully saturated rings. The van der Waals surface area contributed by atoms with E-state index in [0.29, 0.717) is 31.0 Å². The average molecular weight is 370 g/mol. The Morgan fingerprint density at radius 2 is 1.92 bits per heavy atom. The number of aryl methyl sites for hydroxylation is 1. The molecule has 0 saturated carbocycles. The van der Waals surface area contributed by atoms with Crippen molar-refractivity contribution in [3.63, 3.8) is 0 Å². The number of rotatable bonds is 8. The summed E-state index contributed by atoms with van der Waals surface area (Å²) in [5, 5.41) is 6.77. The molecule has 3 aromatic rings. The van der Waals surface area contributed by atoms with Crippen LogP contribution in [0.25, 0.3) is 5.82 Å². The second-order valence-electron chi connectivity index (χ2n) is 5.76. The molecule has 2 aromatic heterocycles. The van der Waals surface area contributed by atoms with E-state index >= 15 is 0 Å². The lowest BCUT2D eigenvalue weighted by Gasteiger charge is -2.09. The lowest BCUT2D eigenvalue weighted by atomic mass is 10.1. The molecule has 1 amide bonds. The van der Waals surface area contributed by atoms with E-state index in [2.05, 4.69) is 20.6 Å². The summed E-state index contributed by atoms with van der Waals surface area (Å²) in [6, 6.07) is 13.3. The average Bonchev–Trinajstić information content (AvgIpc) is 3.19. The molecule has 2 N–H and O–H groups in total. The molecule has 1 aromatic carbocycles. The molecular formula is C19H20ClN5O. The van der Waals surface area contributed by atoms with Gasteiger partial charge in [0.05, 0.1) is 0 Å². The highest BCUT2D eigenvalue weighted by molar-refractivity contribution is 6.30. The number of carbonyl (C=O) groups excluding carboxylic acids is 1. The first-order valence-corrected chi connectivity index (χ1v) is 8.79. The van der Waals surface area contributed by atoms with Crippen LogP contribution in [0.4, 0.5) is 5.82 Å². The van der Waals surface area contributed by atoms with E-state index in [0.717, 1.165) is 17.2 Å². The Morgan fingerprint density at radius 1 is 1.08 bits per heavy atom. The highest BCUT2D eigenvalue weighted by atomic mass is 35.5. The molecule has 0 aliphatic carbocycles. The van der Waals surface area contributed by atoms with Gasteiger partial charge in [0.2, 0.25) is 5.91 Å². The van der Waals surface area contributed by atoms with Gasteiger partial charge in [-0.05, 0) is 36.2 Å². The quantitative estimate of drug-likeness (QED) is 0.598. The second-order valence-corrected chi connectivity index (χ2v) is 6.19. The molecule has 0 unspecified atom stereocenters. The molecule has 134 valence electrons. The lowest BCUT2D eigenvalue weighted by Crippen LogP contribution is -2.29. The third kappa shape index (κ3) is 5.32. The molecule has 2 heterocycles. The fourth-order valence-electron chi connectivity index (χ4n) is 2.50. The maximum atomic E-state index is 11.9. The molecule has 0 bridgehead atoms. The summed E-state index contributed by atoms with van der Waals surface area (Å²) in [6.07, 6.45) is 6.47. The molecule has 0 aliphatic rings. The Balaban J connectivity index is 1.39. The van der Waals surface area contributed by atoms with Crippen LogP contribution in [0.3, 0.4) is 0 Å². The number of carbonyl (C=O) groups is 1. The van der Waals surface area contributed by atoms with Crippen molar-refractivity contribution in [2.24, 2.45) is 0 Å². The van der Waals surface area contributed by atoms with Gasteiger partial charge in [0.15, 0.2) is 0 Å². The van der Waals surface area contributed by atoms with Gasteiger partial charge in [-0.2, -0.15) is 0 Å². The molecule has 6 nitrogen and oxygen atoms in total. The molecule has 26 heavy (non-hydrogen) atoms. The highest BCUT2D eigenvalue weighted by Crippen LogP contribution is 2.12. The minimum atomic E-state index is 0.0162. The smallest absolute Gasteiger partial charge is 0.220 e. The van der Waals surface area contributed by atoms with Gasteiger partial charge < -0.3 is 15.2 Å². The first-order valence-electron chi connectivity index (χ1n) is 8.41. The third-order valence-electron chi connectivity index (χ3n) is 3.80. The summed E-state index contributed by atoms with van der Waals surface area (Å²) in [5.74, 6) is 1.53. The van der Waals surface area contributed by atoms with Crippen molar-refractivity contribution in [1.29, 1.82) is 0 Å². The normalized spacial score (nSPS) is 10.5. The van der Waals surface area contributed by atoms with Crippen molar-refractivity contribution >= 4 is 23.3 Å². The third-order valence-corrected chi connectivity index (χ3v) is 4.04. The second kappa shape index (κ2) is 9.01. The van der Waals surface area contributed by atoms with E-state index in [4.69, 9.17) is 11.6 Å². The van der Waals surface area contributed by atoms with Crippen molar-refractivity contribution in [1.82, 2.24) is 19.9 Å². The van der Waals surface area contributed by atoms with Gasteiger partial charge >= 0.3 is 0 Å². The van der Waals surface area contributed by atoms with Crippen LogP contribution in [-0.2, 0) is 11.2 Å². The first kappa shape index (κ1) is 17.9. The Hall–Kier alpha value is -2.86. The van der Waals surface area contributed by atoms with E-state index < -0.39 is 0 Å². The number of hydrogen-bond acceptors (Lipinski definition) is 4.